The van der Waals surface area contributed by atoms with Gasteiger partial charge in [0.25, 0.3) is 0 Å². The highest BCUT2D eigenvalue weighted by molar-refractivity contribution is 9.10. The molecule has 0 aromatic heterocycles. The van der Waals surface area contributed by atoms with Crippen molar-refractivity contribution in [3.63, 3.8) is 0 Å². The van der Waals surface area contributed by atoms with E-state index in [1.165, 1.54) is 0 Å². The van der Waals surface area contributed by atoms with Crippen LogP contribution in [0.5, 0.6) is 0 Å². The van der Waals surface area contributed by atoms with E-state index in [-0.39, 0.29) is 10.8 Å². The summed E-state index contributed by atoms with van der Waals surface area (Å²) in [5.74, 6) is 0.380. The maximum absolute atomic E-state index is 12.2. The van der Waals surface area contributed by atoms with E-state index < -0.39 is 10.0 Å². The van der Waals surface area contributed by atoms with E-state index in [0.29, 0.717) is 17.4 Å². The van der Waals surface area contributed by atoms with Crippen molar-refractivity contribution in [3.05, 3.63) is 28.7 Å². The minimum absolute atomic E-state index is 0.190. The van der Waals surface area contributed by atoms with Crippen molar-refractivity contribution < 1.29 is 8.42 Å². The number of hydrogen-bond donors (Lipinski definition) is 1. The van der Waals surface area contributed by atoms with Crippen molar-refractivity contribution in [3.8, 4) is 0 Å². The number of rotatable bonds is 4. The molecule has 1 aliphatic carbocycles. The Morgan fingerprint density at radius 1 is 1.11 bits per heavy atom. The Hall–Kier alpha value is -0.390. The number of nitrogens with one attached hydrogen (secondary N) is 1. The first-order chi connectivity index (χ1) is 8.59. The van der Waals surface area contributed by atoms with E-state index in [9.17, 15) is 8.42 Å². The quantitative estimate of drug-likeness (QED) is 0.908. The summed E-state index contributed by atoms with van der Waals surface area (Å²) >= 11 is 3.30. The van der Waals surface area contributed by atoms with Crippen LogP contribution >= 0.6 is 15.9 Å². The highest BCUT2D eigenvalue weighted by Crippen LogP contribution is 2.67. The smallest absolute Gasteiger partial charge is 0.211 e. The van der Waals surface area contributed by atoms with Crippen molar-refractivity contribution in [2.45, 2.75) is 32.6 Å². The monoisotopic (exact) mass is 345 g/mol. The fourth-order valence-electron chi connectivity index (χ4n) is 2.73. The maximum atomic E-state index is 12.2. The molecule has 1 aromatic carbocycles. The molecule has 0 amide bonds. The molecule has 5 heteroatoms. The summed E-state index contributed by atoms with van der Waals surface area (Å²) in [6, 6.07) is 6.68. The largest absolute Gasteiger partial charge is 0.240 e. The molecule has 3 nitrogen and oxygen atoms in total. The van der Waals surface area contributed by atoms with Crippen molar-refractivity contribution in [2.75, 3.05) is 6.54 Å². The Morgan fingerprint density at radius 3 is 2.00 bits per heavy atom. The lowest BCUT2D eigenvalue weighted by Crippen LogP contribution is -2.27. The average molecular weight is 346 g/mol. The van der Waals surface area contributed by atoms with Crippen LogP contribution in [0.15, 0.2) is 33.6 Å². The summed E-state index contributed by atoms with van der Waals surface area (Å²) in [6.07, 6.45) is 0. The Balaban J connectivity index is 2.06. The molecule has 0 saturated heterocycles. The normalized spacial score (nSPS) is 21.3. The Kier molecular flexibility index (Phi) is 3.61. The van der Waals surface area contributed by atoms with Gasteiger partial charge in [0.15, 0.2) is 0 Å². The van der Waals surface area contributed by atoms with Crippen LogP contribution in [0.4, 0.5) is 0 Å². The highest BCUT2D eigenvalue weighted by Gasteiger charge is 2.64. The summed E-state index contributed by atoms with van der Waals surface area (Å²) in [5, 5.41) is 0. The van der Waals surface area contributed by atoms with Gasteiger partial charge in [-0.15, -0.1) is 0 Å². The first kappa shape index (κ1) is 15.0. The van der Waals surface area contributed by atoms with E-state index in [0.717, 1.165) is 4.47 Å². The predicted molar refractivity (Wildman–Crippen MR) is 80.4 cm³/mol. The second kappa shape index (κ2) is 4.57. The third kappa shape index (κ3) is 2.60. The van der Waals surface area contributed by atoms with Gasteiger partial charge in [-0.25, -0.2) is 13.1 Å². The molecule has 0 heterocycles. The van der Waals surface area contributed by atoms with Gasteiger partial charge in [0.1, 0.15) is 0 Å². The second-order valence-electron chi connectivity index (χ2n) is 6.30. The number of hydrogen-bond acceptors (Lipinski definition) is 2. The topological polar surface area (TPSA) is 46.2 Å². The zero-order valence-corrected chi connectivity index (χ0v) is 14.1. The molecule has 106 valence electrons. The third-order valence-electron chi connectivity index (χ3n) is 4.92. The zero-order chi connectivity index (χ0) is 14.5. The molecular formula is C14H20BrNO2S. The van der Waals surface area contributed by atoms with E-state index in [4.69, 9.17) is 0 Å². The molecule has 0 atom stereocenters. The molecule has 1 N–H and O–H groups in total. The molecular weight excluding hydrogens is 326 g/mol. The summed E-state index contributed by atoms with van der Waals surface area (Å²) < 4.78 is 27.9. The molecule has 1 saturated carbocycles. The SMILES string of the molecule is CC1(C)C(CNS(=O)(=O)c2ccc(Br)cc2)C1(C)C. The second-order valence-corrected chi connectivity index (χ2v) is 8.98. The molecule has 0 spiro atoms. The van der Waals surface area contributed by atoms with Crippen molar-refractivity contribution in [2.24, 2.45) is 16.7 Å². The molecule has 19 heavy (non-hydrogen) atoms. The van der Waals surface area contributed by atoms with Crippen LogP contribution in [0.1, 0.15) is 27.7 Å². The predicted octanol–water partition coefficient (Wildman–Crippen LogP) is 3.41. The van der Waals surface area contributed by atoms with Gasteiger partial charge in [-0.05, 0) is 41.0 Å². The molecule has 0 bridgehead atoms. The Bertz CT molecular complexity index is 562. The minimum atomic E-state index is -3.40. The van der Waals surface area contributed by atoms with Gasteiger partial charge in [0.05, 0.1) is 4.90 Å². The van der Waals surface area contributed by atoms with Crippen molar-refractivity contribution in [1.82, 2.24) is 4.72 Å². The molecule has 0 radical (unpaired) electrons. The zero-order valence-electron chi connectivity index (χ0n) is 11.7. The van der Waals surface area contributed by atoms with E-state index in [1.807, 2.05) is 0 Å². The van der Waals surface area contributed by atoms with Crippen LogP contribution in [0, 0.1) is 16.7 Å². The van der Waals surface area contributed by atoms with Gasteiger partial charge in [0.2, 0.25) is 10.0 Å². The lowest BCUT2D eigenvalue weighted by atomic mass is 10.0. The standard InChI is InChI=1S/C14H20BrNO2S/c1-13(2)12(14(13,3)4)9-16-19(17,18)11-7-5-10(15)6-8-11/h5-8,12,16H,9H2,1-4H3. The summed E-state index contributed by atoms with van der Waals surface area (Å²) in [4.78, 5) is 0.312. The molecule has 1 aliphatic rings. The molecule has 0 aliphatic heterocycles. The van der Waals surface area contributed by atoms with E-state index in [2.05, 4.69) is 48.3 Å². The van der Waals surface area contributed by atoms with Gasteiger partial charge in [-0.2, -0.15) is 0 Å². The fourth-order valence-corrected chi connectivity index (χ4v) is 4.05. The van der Waals surface area contributed by atoms with Crippen LogP contribution in [0.25, 0.3) is 0 Å². The fraction of sp³-hybridized carbons (Fsp3) is 0.571. The third-order valence-corrected chi connectivity index (χ3v) is 6.89. The van der Waals surface area contributed by atoms with E-state index >= 15 is 0 Å². The van der Waals surface area contributed by atoms with Crippen LogP contribution in [0.3, 0.4) is 0 Å². The van der Waals surface area contributed by atoms with E-state index in [1.54, 1.807) is 24.3 Å². The number of sulfonamides is 1. The van der Waals surface area contributed by atoms with Gasteiger partial charge in [-0.1, -0.05) is 43.6 Å². The lowest BCUT2D eigenvalue weighted by molar-refractivity contribution is 0.457. The van der Waals surface area contributed by atoms with Crippen LogP contribution in [-0.4, -0.2) is 15.0 Å². The maximum Gasteiger partial charge on any atom is 0.240 e. The van der Waals surface area contributed by atoms with Gasteiger partial charge >= 0.3 is 0 Å². The van der Waals surface area contributed by atoms with Crippen LogP contribution in [-0.2, 0) is 10.0 Å². The summed E-state index contributed by atoms with van der Waals surface area (Å²) in [5.41, 5.74) is 0.379. The summed E-state index contributed by atoms with van der Waals surface area (Å²) in [6.45, 7) is 9.24. The van der Waals surface area contributed by atoms with Gasteiger partial charge < -0.3 is 0 Å². The highest BCUT2D eigenvalue weighted by atomic mass is 79.9. The molecule has 1 aromatic rings. The van der Waals surface area contributed by atoms with Crippen molar-refractivity contribution >= 4 is 26.0 Å². The van der Waals surface area contributed by atoms with Crippen molar-refractivity contribution in [1.29, 1.82) is 0 Å². The Morgan fingerprint density at radius 2 is 1.58 bits per heavy atom. The molecule has 1 fully saturated rings. The van der Waals surface area contributed by atoms with Crippen LogP contribution < -0.4 is 4.72 Å². The minimum Gasteiger partial charge on any atom is -0.211 e. The number of benzene rings is 1. The lowest BCUT2D eigenvalue weighted by Gasteiger charge is -2.08. The Labute approximate surface area is 124 Å². The first-order valence-electron chi connectivity index (χ1n) is 6.34. The summed E-state index contributed by atoms with van der Waals surface area (Å²) in [7, 11) is -3.40. The van der Waals surface area contributed by atoms with Gasteiger partial charge in [0, 0.05) is 11.0 Å². The van der Waals surface area contributed by atoms with Crippen LogP contribution in [0.2, 0.25) is 0 Å². The number of halogens is 1. The molecule has 0 unspecified atom stereocenters. The molecule has 2 rings (SSSR count). The average Bonchev–Trinajstić information content (AvgIpc) is 2.67. The first-order valence-corrected chi connectivity index (χ1v) is 8.62. The van der Waals surface area contributed by atoms with Gasteiger partial charge in [-0.3, -0.25) is 0 Å².